The molecule has 3 aromatic rings. The molecule has 0 saturated carbocycles. The van der Waals surface area contributed by atoms with Crippen LogP contribution in [0.1, 0.15) is 11.1 Å². The van der Waals surface area contributed by atoms with Crippen molar-refractivity contribution in [1.82, 2.24) is 9.55 Å². The summed E-state index contributed by atoms with van der Waals surface area (Å²) in [6.45, 7) is 2.19. The van der Waals surface area contributed by atoms with Gasteiger partial charge in [0.15, 0.2) is 0 Å². The van der Waals surface area contributed by atoms with Crippen LogP contribution in [0.3, 0.4) is 0 Å². The average molecular weight is 387 g/mol. The fraction of sp³-hybridized carbons (Fsp3) is 0.200. The van der Waals surface area contributed by atoms with Gasteiger partial charge in [-0.15, -0.1) is 0 Å². The topological polar surface area (TPSA) is 62.6 Å². The average Bonchev–Trinajstić information content (AvgIpc) is 2.66. The number of hydrogen-bond acceptors (Lipinski definition) is 5. The Hall–Kier alpha value is -2.99. The van der Waals surface area contributed by atoms with Crippen LogP contribution in [0.5, 0.6) is 23.3 Å². The zero-order valence-corrected chi connectivity index (χ0v) is 16.0. The molecule has 0 unspecified atom stereocenters. The molecule has 0 aliphatic carbocycles. The van der Waals surface area contributed by atoms with Crippen molar-refractivity contribution in [3.63, 3.8) is 0 Å². The molecule has 140 valence electrons. The van der Waals surface area contributed by atoms with Crippen molar-refractivity contribution in [2.45, 2.75) is 13.5 Å². The highest BCUT2D eigenvalue weighted by atomic mass is 35.5. The third-order valence-corrected chi connectivity index (χ3v) is 4.38. The van der Waals surface area contributed by atoms with E-state index in [-0.39, 0.29) is 12.5 Å². The Labute approximate surface area is 161 Å². The summed E-state index contributed by atoms with van der Waals surface area (Å²) in [5.41, 5.74) is 1.43. The molecule has 27 heavy (non-hydrogen) atoms. The maximum atomic E-state index is 11.8. The van der Waals surface area contributed by atoms with Crippen LogP contribution in [-0.4, -0.2) is 16.7 Å². The molecule has 1 heterocycles. The first-order valence-electron chi connectivity index (χ1n) is 8.24. The largest absolute Gasteiger partial charge is 0.482 e. The van der Waals surface area contributed by atoms with E-state index in [0.717, 1.165) is 16.9 Å². The minimum absolute atomic E-state index is 0.215. The predicted molar refractivity (Wildman–Crippen MR) is 103 cm³/mol. The Kier molecular flexibility index (Phi) is 5.66. The van der Waals surface area contributed by atoms with Gasteiger partial charge in [-0.2, -0.15) is 4.98 Å². The van der Waals surface area contributed by atoms with E-state index in [1.165, 1.54) is 11.7 Å². The number of halogens is 1. The Morgan fingerprint density at radius 3 is 2.44 bits per heavy atom. The standard InChI is InChI=1S/C20H19ClN2O4/c1-13-10-16(8-9-17(13)21)27-15-6-4-14(5-7-15)12-26-18-11-19(25-3)23(2)20(24)22-18/h4-11H,12H2,1-3H3. The molecule has 7 heteroatoms. The molecule has 0 bridgehead atoms. The van der Waals surface area contributed by atoms with Crippen LogP contribution in [-0.2, 0) is 13.7 Å². The van der Waals surface area contributed by atoms with Crippen molar-refractivity contribution in [2.75, 3.05) is 7.11 Å². The normalized spacial score (nSPS) is 10.5. The van der Waals surface area contributed by atoms with Crippen molar-refractivity contribution >= 4 is 11.6 Å². The number of methoxy groups -OCH3 is 1. The van der Waals surface area contributed by atoms with Gasteiger partial charge in [-0.25, -0.2) is 4.79 Å². The van der Waals surface area contributed by atoms with E-state index in [9.17, 15) is 4.79 Å². The van der Waals surface area contributed by atoms with Crippen molar-refractivity contribution < 1.29 is 14.2 Å². The third-order valence-electron chi connectivity index (χ3n) is 3.95. The lowest BCUT2D eigenvalue weighted by molar-refractivity contribution is 0.284. The smallest absolute Gasteiger partial charge is 0.353 e. The Balaban J connectivity index is 1.65. The number of ether oxygens (including phenoxy) is 3. The summed E-state index contributed by atoms with van der Waals surface area (Å²) in [6.07, 6.45) is 0. The van der Waals surface area contributed by atoms with Gasteiger partial charge in [-0.05, 0) is 48.4 Å². The lowest BCUT2D eigenvalue weighted by Gasteiger charge is -2.10. The summed E-state index contributed by atoms with van der Waals surface area (Å²) in [7, 11) is 3.07. The summed E-state index contributed by atoms with van der Waals surface area (Å²) in [4.78, 5) is 15.6. The van der Waals surface area contributed by atoms with Gasteiger partial charge in [0.1, 0.15) is 18.1 Å². The molecule has 0 fully saturated rings. The Morgan fingerprint density at radius 2 is 1.78 bits per heavy atom. The fourth-order valence-electron chi connectivity index (χ4n) is 2.40. The number of aromatic nitrogens is 2. The van der Waals surface area contributed by atoms with Crippen LogP contribution in [0.4, 0.5) is 0 Å². The van der Waals surface area contributed by atoms with Gasteiger partial charge in [0.25, 0.3) is 0 Å². The summed E-state index contributed by atoms with van der Waals surface area (Å²) in [6, 6.07) is 14.5. The maximum Gasteiger partial charge on any atom is 0.353 e. The second-order valence-corrected chi connectivity index (χ2v) is 6.33. The predicted octanol–water partition coefficient (Wildman–Crippen LogP) is 4.12. The van der Waals surface area contributed by atoms with E-state index < -0.39 is 5.69 Å². The van der Waals surface area contributed by atoms with Crippen molar-refractivity contribution in [3.8, 4) is 23.3 Å². The van der Waals surface area contributed by atoms with E-state index in [1.54, 1.807) is 19.2 Å². The van der Waals surface area contributed by atoms with Gasteiger partial charge < -0.3 is 14.2 Å². The molecule has 0 spiro atoms. The molecule has 0 aliphatic rings. The highest BCUT2D eigenvalue weighted by Crippen LogP contribution is 2.26. The molecule has 0 radical (unpaired) electrons. The van der Waals surface area contributed by atoms with E-state index in [1.807, 2.05) is 43.3 Å². The molecule has 1 aromatic heterocycles. The van der Waals surface area contributed by atoms with E-state index in [0.29, 0.717) is 16.7 Å². The summed E-state index contributed by atoms with van der Waals surface area (Å²) >= 11 is 6.02. The van der Waals surface area contributed by atoms with Gasteiger partial charge in [0.05, 0.1) is 13.2 Å². The zero-order chi connectivity index (χ0) is 19.4. The van der Waals surface area contributed by atoms with Gasteiger partial charge in [-0.1, -0.05) is 23.7 Å². The third kappa shape index (κ3) is 4.60. The summed E-state index contributed by atoms with van der Waals surface area (Å²) in [5.74, 6) is 2.02. The Morgan fingerprint density at radius 1 is 1.07 bits per heavy atom. The number of benzene rings is 2. The first-order valence-corrected chi connectivity index (χ1v) is 8.62. The van der Waals surface area contributed by atoms with Crippen molar-refractivity contribution in [1.29, 1.82) is 0 Å². The van der Waals surface area contributed by atoms with E-state index in [4.69, 9.17) is 25.8 Å². The lowest BCUT2D eigenvalue weighted by Crippen LogP contribution is -2.21. The number of rotatable bonds is 6. The monoisotopic (exact) mass is 386 g/mol. The quantitative estimate of drug-likeness (QED) is 0.637. The molecule has 0 saturated heterocycles. The minimum Gasteiger partial charge on any atom is -0.482 e. The van der Waals surface area contributed by atoms with Crippen molar-refractivity contribution in [2.24, 2.45) is 7.05 Å². The van der Waals surface area contributed by atoms with Gasteiger partial charge in [0.2, 0.25) is 11.8 Å². The van der Waals surface area contributed by atoms with Crippen LogP contribution >= 0.6 is 11.6 Å². The molecule has 6 nitrogen and oxygen atoms in total. The zero-order valence-electron chi connectivity index (χ0n) is 15.2. The molecule has 0 aliphatic heterocycles. The first kappa shape index (κ1) is 18.8. The maximum absolute atomic E-state index is 11.8. The second-order valence-electron chi connectivity index (χ2n) is 5.92. The molecular formula is C20H19ClN2O4. The van der Waals surface area contributed by atoms with Crippen molar-refractivity contribution in [3.05, 3.63) is 75.2 Å². The highest BCUT2D eigenvalue weighted by Gasteiger charge is 2.07. The van der Waals surface area contributed by atoms with E-state index in [2.05, 4.69) is 4.98 Å². The van der Waals surface area contributed by atoms with E-state index >= 15 is 0 Å². The second kappa shape index (κ2) is 8.14. The van der Waals surface area contributed by atoms with Gasteiger partial charge >= 0.3 is 5.69 Å². The fourth-order valence-corrected chi connectivity index (χ4v) is 2.51. The molecule has 0 atom stereocenters. The molecule has 2 aromatic carbocycles. The molecule has 0 amide bonds. The summed E-state index contributed by atoms with van der Waals surface area (Å²) < 4.78 is 17.8. The number of aryl methyl sites for hydroxylation is 1. The summed E-state index contributed by atoms with van der Waals surface area (Å²) in [5, 5.41) is 0.704. The van der Waals surface area contributed by atoms with Crippen LogP contribution in [0, 0.1) is 6.92 Å². The van der Waals surface area contributed by atoms with Crippen LogP contribution in [0.15, 0.2) is 53.3 Å². The highest BCUT2D eigenvalue weighted by molar-refractivity contribution is 6.31. The first-order chi connectivity index (χ1) is 13.0. The minimum atomic E-state index is -0.439. The molecule has 3 rings (SSSR count). The van der Waals surface area contributed by atoms with Crippen LogP contribution in [0.2, 0.25) is 5.02 Å². The number of hydrogen-bond donors (Lipinski definition) is 0. The van der Waals surface area contributed by atoms with Gasteiger partial charge in [-0.3, -0.25) is 4.57 Å². The SMILES string of the molecule is COc1cc(OCc2ccc(Oc3ccc(Cl)c(C)c3)cc2)nc(=O)n1C. The number of nitrogens with zero attached hydrogens (tertiary/aromatic N) is 2. The molecule has 0 N–H and O–H groups in total. The lowest BCUT2D eigenvalue weighted by atomic mass is 10.2. The van der Waals surface area contributed by atoms with Crippen LogP contribution < -0.4 is 19.9 Å². The van der Waals surface area contributed by atoms with Crippen LogP contribution in [0.25, 0.3) is 0 Å². The Bertz CT molecular complexity index is 1000. The molecular weight excluding hydrogens is 368 g/mol. The van der Waals surface area contributed by atoms with Gasteiger partial charge in [0, 0.05) is 12.1 Å².